The second kappa shape index (κ2) is 9.06. The monoisotopic (exact) mass is 383 g/mol. The van der Waals surface area contributed by atoms with Gasteiger partial charge in [-0.3, -0.25) is 14.5 Å². The van der Waals surface area contributed by atoms with E-state index < -0.39 is 0 Å². The molecule has 5 nitrogen and oxygen atoms in total. The van der Waals surface area contributed by atoms with Crippen LogP contribution in [0.5, 0.6) is 0 Å². The number of likely N-dealkylation sites (N-methyl/N-ethyl adjacent to an activating group) is 1. The minimum absolute atomic E-state index is 0.0526. The second-order valence-electron chi connectivity index (χ2n) is 6.76. The van der Waals surface area contributed by atoms with Crippen LogP contribution in [0.1, 0.15) is 18.4 Å². The van der Waals surface area contributed by atoms with Crippen LogP contribution in [0.4, 0.5) is 11.4 Å². The maximum Gasteiger partial charge on any atom is 0.238 e. The van der Waals surface area contributed by atoms with Gasteiger partial charge in [0.15, 0.2) is 0 Å². The summed E-state index contributed by atoms with van der Waals surface area (Å²) < 4.78 is 0. The fraction of sp³-hybridized carbons (Fsp3) is 0.333. The third kappa shape index (κ3) is 5.34. The largest absolute Gasteiger partial charge is 0.325 e. The van der Waals surface area contributed by atoms with Crippen LogP contribution in [0.15, 0.2) is 53.4 Å². The summed E-state index contributed by atoms with van der Waals surface area (Å²) in [4.78, 5) is 29.1. The van der Waals surface area contributed by atoms with E-state index in [9.17, 15) is 9.59 Å². The summed E-state index contributed by atoms with van der Waals surface area (Å²) in [5, 5.41) is 2.92. The van der Waals surface area contributed by atoms with Gasteiger partial charge in [0.05, 0.1) is 6.54 Å². The molecule has 0 aromatic heterocycles. The van der Waals surface area contributed by atoms with E-state index >= 15 is 0 Å². The van der Waals surface area contributed by atoms with Crippen molar-refractivity contribution in [3.05, 3.63) is 54.1 Å². The van der Waals surface area contributed by atoms with Gasteiger partial charge < -0.3 is 10.2 Å². The maximum absolute atomic E-state index is 12.3. The molecule has 2 amide bonds. The van der Waals surface area contributed by atoms with Crippen molar-refractivity contribution in [3.63, 3.8) is 0 Å². The molecule has 0 atom stereocenters. The Balaban J connectivity index is 1.50. The number of rotatable bonds is 7. The van der Waals surface area contributed by atoms with Gasteiger partial charge in [-0.15, -0.1) is 11.8 Å². The first-order chi connectivity index (χ1) is 13.0. The molecule has 0 bridgehead atoms. The van der Waals surface area contributed by atoms with Gasteiger partial charge in [0.25, 0.3) is 0 Å². The van der Waals surface area contributed by atoms with E-state index in [1.54, 1.807) is 16.7 Å². The zero-order chi connectivity index (χ0) is 19.2. The lowest BCUT2D eigenvalue weighted by molar-refractivity contribution is -0.117. The van der Waals surface area contributed by atoms with Crippen LogP contribution in [-0.2, 0) is 16.1 Å². The predicted octanol–water partition coefficient (Wildman–Crippen LogP) is 3.61. The average molecular weight is 384 g/mol. The number of carbonyl (C=O) groups is 2. The number of nitrogens with one attached hydrogen (secondary N) is 1. The number of amides is 2. The number of anilines is 2. The van der Waals surface area contributed by atoms with E-state index in [1.165, 1.54) is 10.5 Å². The van der Waals surface area contributed by atoms with Gasteiger partial charge in [-0.05, 0) is 61.7 Å². The molecular formula is C21H25N3O2S. The highest BCUT2D eigenvalue weighted by molar-refractivity contribution is 7.98. The van der Waals surface area contributed by atoms with Gasteiger partial charge in [0.2, 0.25) is 11.8 Å². The Morgan fingerprint density at radius 2 is 1.85 bits per heavy atom. The molecule has 0 aliphatic carbocycles. The normalized spacial score (nSPS) is 14.0. The molecule has 1 aliphatic rings. The fourth-order valence-corrected chi connectivity index (χ4v) is 3.60. The Labute approximate surface area is 164 Å². The standard InChI is InChI=1S/C21H25N3O2S/c1-23(14-16-5-11-19(27-2)12-6-16)15-20(25)22-17-7-9-18(10-8-17)24-13-3-4-21(24)26/h5-12H,3-4,13-15H2,1-2H3,(H,22,25). The molecule has 2 aromatic carbocycles. The van der Waals surface area contributed by atoms with Crippen molar-refractivity contribution in [2.45, 2.75) is 24.3 Å². The van der Waals surface area contributed by atoms with Crippen molar-refractivity contribution < 1.29 is 9.59 Å². The molecule has 0 unspecified atom stereocenters. The number of carbonyl (C=O) groups excluding carboxylic acids is 2. The summed E-state index contributed by atoms with van der Waals surface area (Å²) in [6.45, 7) is 1.81. The van der Waals surface area contributed by atoms with Crippen LogP contribution in [0, 0.1) is 0 Å². The molecule has 0 radical (unpaired) electrons. The van der Waals surface area contributed by atoms with Crippen molar-refractivity contribution in [2.75, 3.05) is 36.6 Å². The van der Waals surface area contributed by atoms with Crippen molar-refractivity contribution in [1.29, 1.82) is 0 Å². The summed E-state index contributed by atoms with van der Waals surface area (Å²) >= 11 is 1.72. The highest BCUT2D eigenvalue weighted by Crippen LogP contribution is 2.23. The molecule has 1 aliphatic heterocycles. The molecule has 1 saturated heterocycles. The van der Waals surface area contributed by atoms with E-state index in [2.05, 4.69) is 35.8 Å². The van der Waals surface area contributed by atoms with Crippen LogP contribution in [0.3, 0.4) is 0 Å². The zero-order valence-corrected chi connectivity index (χ0v) is 16.6. The van der Waals surface area contributed by atoms with E-state index in [0.29, 0.717) is 13.0 Å². The lowest BCUT2D eigenvalue weighted by Crippen LogP contribution is -2.29. The molecule has 142 valence electrons. The highest BCUT2D eigenvalue weighted by atomic mass is 32.2. The van der Waals surface area contributed by atoms with E-state index in [1.807, 2.05) is 36.2 Å². The zero-order valence-electron chi connectivity index (χ0n) is 15.8. The van der Waals surface area contributed by atoms with Crippen LogP contribution >= 0.6 is 11.8 Å². The van der Waals surface area contributed by atoms with Crippen molar-refractivity contribution in [1.82, 2.24) is 4.90 Å². The highest BCUT2D eigenvalue weighted by Gasteiger charge is 2.21. The van der Waals surface area contributed by atoms with E-state index in [4.69, 9.17) is 0 Å². The van der Waals surface area contributed by atoms with E-state index in [-0.39, 0.29) is 11.8 Å². The van der Waals surface area contributed by atoms with E-state index in [0.717, 1.165) is 30.9 Å². The minimum Gasteiger partial charge on any atom is -0.325 e. The number of thioether (sulfide) groups is 1. The third-order valence-corrected chi connectivity index (χ3v) is 5.30. The smallest absolute Gasteiger partial charge is 0.238 e. The topological polar surface area (TPSA) is 52.7 Å². The lowest BCUT2D eigenvalue weighted by atomic mass is 10.2. The molecule has 6 heteroatoms. The van der Waals surface area contributed by atoms with Gasteiger partial charge in [-0.1, -0.05) is 12.1 Å². The Kier molecular flexibility index (Phi) is 6.53. The first-order valence-corrected chi connectivity index (χ1v) is 10.3. The summed E-state index contributed by atoms with van der Waals surface area (Å²) in [7, 11) is 1.93. The summed E-state index contributed by atoms with van der Waals surface area (Å²) in [6.07, 6.45) is 3.58. The Hall–Kier alpha value is -2.31. The van der Waals surface area contributed by atoms with Gasteiger partial charge in [-0.2, -0.15) is 0 Å². The van der Waals surface area contributed by atoms with Gasteiger partial charge >= 0.3 is 0 Å². The van der Waals surface area contributed by atoms with Crippen LogP contribution < -0.4 is 10.2 Å². The Morgan fingerprint density at radius 1 is 1.15 bits per heavy atom. The lowest BCUT2D eigenvalue weighted by Gasteiger charge is -2.18. The predicted molar refractivity (Wildman–Crippen MR) is 111 cm³/mol. The average Bonchev–Trinajstić information content (AvgIpc) is 3.08. The number of hydrogen-bond donors (Lipinski definition) is 1. The van der Waals surface area contributed by atoms with Crippen LogP contribution in [0.25, 0.3) is 0 Å². The van der Waals surface area contributed by atoms with Gasteiger partial charge in [0.1, 0.15) is 0 Å². The molecule has 1 N–H and O–H groups in total. The summed E-state index contributed by atoms with van der Waals surface area (Å²) in [6, 6.07) is 15.9. The maximum atomic E-state index is 12.3. The Bertz CT molecular complexity index is 790. The SMILES string of the molecule is CSc1ccc(CN(C)CC(=O)Nc2ccc(N3CCCC3=O)cc2)cc1. The summed E-state index contributed by atoms with van der Waals surface area (Å²) in [5.74, 6) is 0.113. The molecule has 1 fully saturated rings. The van der Waals surface area contributed by atoms with Gasteiger partial charge in [0, 0.05) is 35.8 Å². The van der Waals surface area contributed by atoms with Crippen molar-refractivity contribution >= 4 is 35.0 Å². The second-order valence-corrected chi connectivity index (χ2v) is 7.64. The van der Waals surface area contributed by atoms with Crippen molar-refractivity contribution in [3.8, 4) is 0 Å². The molecule has 1 heterocycles. The third-order valence-electron chi connectivity index (χ3n) is 4.56. The van der Waals surface area contributed by atoms with Crippen molar-refractivity contribution in [2.24, 2.45) is 0 Å². The quantitative estimate of drug-likeness (QED) is 0.742. The van der Waals surface area contributed by atoms with Crippen LogP contribution in [-0.4, -0.2) is 43.1 Å². The first kappa shape index (κ1) is 19.5. The summed E-state index contributed by atoms with van der Waals surface area (Å²) in [5.41, 5.74) is 2.82. The molecule has 2 aromatic rings. The number of benzene rings is 2. The minimum atomic E-state index is -0.0526. The first-order valence-electron chi connectivity index (χ1n) is 9.07. The molecular weight excluding hydrogens is 358 g/mol. The Morgan fingerprint density at radius 3 is 2.44 bits per heavy atom. The number of hydrogen-bond acceptors (Lipinski definition) is 4. The van der Waals surface area contributed by atoms with Crippen LogP contribution in [0.2, 0.25) is 0 Å². The number of nitrogens with zero attached hydrogens (tertiary/aromatic N) is 2. The van der Waals surface area contributed by atoms with Gasteiger partial charge in [-0.25, -0.2) is 0 Å². The molecule has 0 spiro atoms. The fourth-order valence-electron chi connectivity index (χ4n) is 3.19. The molecule has 0 saturated carbocycles. The molecule has 3 rings (SSSR count). The molecule has 27 heavy (non-hydrogen) atoms.